The van der Waals surface area contributed by atoms with Crippen molar-refractivity contribution < 1.29 is 0 Å². The first-order valence-electron chi connectivity index (χ1n) is 5.65. The summed E-state index contributed by atoms with van der Waals surface area (Å²) >= 11 is 0. The third-order valence-corrected chi connectivity index (χ3v) is 2.19. The summed E-state index contributed by atoms with van der Waals surface area (Å²) < 4.78 is 0. The fourth-order valence-corrected chi connectivity index (χ4v) is 1.32. The van der Waals surface area contributed by atoms with Crippen LogP contribution in [0.15, 0.2) is 48.1 Å². The maximum Gasteiger partial charge on any atom is 0.221 e. The first-order valence-corrected chi connectivity index (χ1v) is 5.65. The normalized spacial score (nSPS) is 11.7. The highest BCUT2D eigenvalue weighted by molar-refractivity contribution is 5.77. The van der Waals surface area contributed by atoms with Gasteiger partial charge in [0, 0.05) is 12.4 Å². The Balaban J connectivity index is 2.28. The summed E-state index contributed by atoms with van der Waals surface area (Å²) in [6.45, 7) is 5.40. The SMILES string of the molecule is C=C/C=N\C(=C/C)c1nnc(-c2ccccn2)nn1. The third kappa shape index (κ3) is 3.12. The van der Waals surface area contributed by atoms with Crippen LogP contribution in [0.1, 0.15) is 12.7 Å². The molecule has 0 aliphatic heterocycles. The lowest BCUT2D eigenvalue weighted by Gasteiger charge is -1.99. The molecule has 2 aromatic rings. The Bertz CT molecular complexity index is 601. The molecule has 2 heterocycles. The Labute approximate surface area is 110 Å². The Morgan fingerprint density at radius 3 is 2.58 bits per heavy atom. The van der Waals surface area contributed by atoms with E-state index in [0.717, 1.165) is 0 Å². The number of hydrogen-bond donors (Lipinski definition) is 0. The Morgan fingerprint density at radius 2 is 2.00 bits per heavy atom. The molecule has 0 N–H and O–H groups in total. The van der Waals surface area contributed by atoms with Gasteiger partial charge in [0.05, 0.1) is 0 Å². The van der Waals surface area contributed by atoms with Crippen molar-refractivity contribution in [1.82, 2.24) is 25.4 Å². The van der Waals surface area contributed by atoms with Crippen LogP contribution in [0.25, 0.3) is 17.2 Å². The summed E-state index contributed by atoms with van der Waals surface area (Å²) in [4.78, 5) is 8.26. The van der Waals surface area contributed by atoms with E-state index in [9.17, 15) is 0 Å². The summed E-state index contributed by atoms with van der Waals surface area (Å²) in [5, 5.41) is 16.0. The molecule has 6 heteroatoms. The van der Waals surface area contributed by atoms with E-state index in [4.69, 9.17) is 0 Å². The molecule has 0 aromatic carbocycles. The van der Waals surface area contributed by atoms with E-state index >= 15 is 0 Å². The second-order valence-electron chi connectivity index (χ2n) is 3.45. The van der Waals surface area contributed by atoms with Gasteiger partial charge in [-0.15, -0.1) is 20.4 Å². The zero-order chi connectivity index (χ0) is 13.5. The van der Waals surface area contributed by atoms with Crippen LogP contribution < -0.4 is 0 Å². The van der Waals surface area contributed by atoms with E-state index in [-0.39, 0.29) is 0 Å². The van der Waals surface area contributed by atoms with Gasteiger partial charge < -0.3 is 0 Å². The average molecular weight is 252 g/mol. The number of aromatic nitrogens is 5. The molecule has 0 radical (unpaired) electrons. The molecule has 0 amide bonds. The van der Waals surface area contributed by atoms with Crippen LogP contribution in [-0.2, 0) is 0 Å². The van der Waals surface area contributed by atoms with E-state index in [1.54, 1.807) is 30.6 Å². The minimum atomic E-state index is 0.361. The molecule has 0 saturated heterocycles. The molecule has 0 bridgehead atoms. The summed E-state index contributed by atoms with van der Waals surface area (Å²) in [7, 11) is 0. The topological polar surface area (TPSA) is 76.8 Å². The molecule has 19 heavy (non-hydrogen) atoms. The van der Waals surface area contributed by atoms with Crippen LogP contribution in [0.5, 0.6) is 0 Å². The largest absolute Gasteiger partial charge is 0.253 e. The van der Waals surface area contributed by atoms with Crippen molar-refractivity contribution in [3.8, 4) is 11.5 Å². The first kappa shape index (κ1) is 12.7. The lowest BCUT2D eigenvalue weighted by molar-refractivity contribution is 0.837. The van der Waals surface area contributed by atoms with Crippen molar-refractivity contribution in [2.45, 2.75) is 6.92 Å². The smallest absolute Gasteiger partial charge is 0.221 e. The molecule has 0 aliphatic rings. The molecule has 2 rings (SSSR count). The molecule has 2 aromatic heterocycles. The first-order chi connectivity index (χ1) is 9.35. The van der Waals surface area contributed by atoms with E-state index in [1.807, 2.05) is 19.1 Å². The minimum Gasteiger partial charge on any atom is -0.253 e. The maximum absolute atomic E-state index is 4.13. The van der Waals surface area contributed by atoms with Gasteiger partial charge in [0.15, 0.2) is 0 Å². The Hall–Kier alpha value is -2.76. The number of hydrogen-bond acceptors (Lipinski definition) is 6. The van der Waals surface area contributed by atoms with Gasteiger partial charge in [-0.2, -0.15) is 0 Å². The summed E-state index contributed by atoms with van der Waals surface area (Å²) in [6, 6.07) is 5.47. The fraction of sp³-hybridized carbons (Fsp3) is 0.0769. The molecule has 0 atom stereocenters. The Kier molecular flexibility index (Phi) is 4.17. The van der Waals surface area contributed by atoms with Crippen molar-refractivity contribution in [2.24, 2.45) is 4.99 Å². The highest BCUT2D eigenvalue weighted by atomic mass is 15.3. The Morgan fingerprint density at radius 1 is 1.21 bits per heavy atom. The fourth-order valence-electron chi connectivity index (χ4n) is 1.32. The van der Waals surface area contributed by atoms with E-state index in [2.05, 4.69) is 37.0 Å². The second kappa shape index (κ2) is 6.25. The van der Waals surface area contributed by atoms with Crippen LogP contribution in [0.2, 0.25) is 0 Å². The molecular weight excluding hydrogens is 240 g/mol. The average Bonchev–Trinajstić information content (AvgIpc) is 2.49. The predicted octanol–water partition coefficient (Wildman–Crippen LogP) is 1.95. The van der Waals surface area contributed by atoms with Crippen molar-refractivity contribution >= 4 is 11.9 Å². The van der Waals surface area contributed by atoms with Crippen LogP contribution >= 0.6 is 0 Å². The molecule has 0 fully saturated rings. The number of allylic oxidation sites excluding steroid dienone is 2. The maximum atomic E-state index is 4.13. The van der Waals surface area contributed by atoms with Gasteiger partial charge in [-0.1, -0.05) is 24.8 Å². The van der Waals surface area contributed by atoms with E-state index in [1.165, 1.54) is 0 Å². The number of pyridine rings is 1. The molecule has 0 unspecified atom stereocenters. The zero-order valence-electron chi connectivity index (χ0n) is 10.4. The summed E-state index contributed by atoms with van der Waals surface area (Å²) in [5.41, 5.74) is 1.22. The van der Waals surface area contributed by atoms with Crippen LogP contribution in [0, 0.1) is 0 Å². The van der Waals surface area contributed by atoms with Gasteiger partial charge >= 0.3 is 0 Å². The minimum absolute atomic E-state index is 0.361. The van der Waals surface area contributed by atoms with E-state index in [0.29, 0.717) is 23.0 Å². The van der Waals surface area contributed by atoms with Gasteiger partial charge in [-0.3, -0.25) is 9.98 Å². The van der Waals surface area contributed by atoms with Gasteiger partial charge in [0.2, 0.25) is 11.6 Å². The van der Waals surface area contributed by atoms with Gasteiger partial charge in [0.1, 0.15) is 11.4 Å². The van der Waals surface area contributed by atoms with Crippen molar-refractivity contribution in [3.63, 3.8) is 0 Å². The monoisotopic (exact) mass is 252 g/mol. The molecule has 94 valence electrons. The van der Waals surface area contributed by atoms with Crippen molar-refractivity contribution in [1.29, 1.82) is 0 Å². The third-order valence-electron chi connectivity index (χ3n) is 2.19. The number of nitrogens with zero attached hydrogens (tertiary/aromatic N) is 6. The zero-order valence-corrected chi connectivity index (χ0v) is 10.4. The lowest BCUT2D eigenvalue weighted by atomic mass is 10.3. The van der Waals surface area contributed by atoms with Gasteiger partial charge in [-0.05, 0) is 19.1 Å². The predicted molar refractivity (Wildman–Crippen MR) is 73.2 cm³/mol. The quantitative estimate of drug-likeness (QED) is 0.777. The second-order valence-corrected chi connectivity index (χ2v) is 3.45. The van der Waals surface area contributed by atoms with Crippen LogP contribution in [0.3, 0.4) is 0 Å². The van der Waals surface area contributed by atoms with Gasteiger partial charge in [0.25, 0.3) is 0 Å². The molecule has 0 aliphatic carbocycles. The lowest BCUT2D eigenvalue weighted by Crippen LogP contribution is -2.02. The highest BCUT2D eigenvalue weighted by Crippen LogP contribution is 2.11. The number of aliphatic imine (C=N–C) groups is 1. The van der Waals surface area contributed by atoms with Gasteiger partial charge in [-0.25, -0.2) is 0 Å². The molecule has 6 nitrogen and oxygen atoms in total. The van der Waals surface area contributed by atoms with Crippen molar-refractivity contribution in [3.05, 3.63) is 49.0 Å². The summed E-state index contributed by atoms with van der Waals surface area (Å²) in [5.74, 6) is 0.743. The van der Waals surface area contributed by atoms with Crippen LogP contribution in [0.4, 0.5) is 0 Å². The summed E-state index contributed by atoms with van der Waals surface area (Å²) in [6.07, 6.45) is 6.58. The van der Waals surface area contributed by atoms with E-state index < -0.39 is 0 Å². The molecule has 0 saturated carbocycles. The standard InChI is InChI=1S/C13H12N6/c1-3-8-14-10(4-2)12-16-18-13(19-17-12)11-7-5-6-9-15-11/h3-9H,1H2,2H3/b10-4-,14-8-. The number of rotatable bonds is 4. The van der Waals surface area contributed by atoms with Crippen molar-refractivity contribution in [2.75, 3.05) is 0 Å². The molecular formula is C13H12N6. The highest BCUT2D eigenvalue weighted by Gasteiger charge is 2.07. The van der Waals surface area contributed by atoms with Crippen LogP contribution in [-0.4, -0.2) is 31.6 Å². The molecule has 0 spiro atoms.